The lowest BCUT2D eigenvalue weighted by atomic mass is 10.1. The van der Waals surface area contributed by atoms with Crippen molar-refractivity contribution in [3.63, 3.8) is 0 Å². The summed E-state index contributed by atoms with van der Waals surface area (Å²) in [4.78, 5) is 38.0. The Bertz CT molecular complexity index is 1360. The molecular weight excluding hydrogens is 805 g/mol. The summed E-state index contributed by atoms with van der Waals surface area (Å²) >= 11 is 0. The Morgan fingerprint density at radius 1 is 0.323 bits per heavy atom. The van der Waals surface area contributed by atoms with Gasteiger partial charge in [0.05, 0.1) is 0 Å². The summed E-state index contributed by atoms with van der Waals surface area (Å²) < 4.78 is 16.8. The Labute approximate surface area is 400 Å². The summed E-state index contributed by atoms with van der Waals surface area (Å²) in [7, 11) is 0. The molecule has 65 heavy (non-hydrogen) atoms. The molecule has 0 unspecified atom stereocenters. The van der Waals surface area contributed by atoms with Gasteiger partial charge in [-0.15, -0.1) is 0 Å². The van der Waals surface area contributed by atoms with E-state index in [0.29, 0.717) is 12.8 Å². The monoisotopic (exact) mass is 901 g/mol. The Kier molecular flexibility index (Phi) is 49.5. The highest BCUT2D eigenvalue weighted by molar-refractivity contribution is 5.71. The van der Waals surface area contributed by atoms with Crippen LogP contribution in [0, 0.1) is 0 Å². The smallest absolute Gasteiger partial charge is 0.306 e. The van der Waals surface area contributed by atoms with Crippen molar-refractivity contribution in [3.05, 3.63) is 109 Å². The third-order valence-corrected chi connectivity index (χ3v) is 10.7. The first kappa shape index (κ1) is 61.1. The number of rotatable bonds is 46. The van der Waals surface area contributed by atoms with Gasteiger partial charge in [-0.05, 0) is 122 Å². The van der Waals surface area contributed by atoms with Crippen molar-refractivity contribution in [3.8, 4) is 0 Å². The fourth-order valence-electron chi connectivity index (χ4n) is 6.83. The Morgan fingerprint density at radius 3 is 0.954 bits per heavy atom. The highest BCUT2D eigenvalue weighted by Crippen LogP contribution is 2.13. The summed E-state index contributed by atoms with van der Waals surface area (Å²) in [5.74, 6) is -0.963. The van der Waals surface area contributed by atoms with Gasteiger partial charge in [0.1, 0.15) is 13.2 Å². The predicted molar refractivity (Wildman–Crippen MR) is 279 cm³/mol. The lowest BCUT2D eigenvalue weighted by Crippen LogP contribution is -2.30. The van der Waals surface area contributed by atoms with Crippen LogP contribution in [0.5, 0.6) is 0 Å². The summed E-state index contributed by atoms with van der Waals surface area (Å²) in [5.41, 5.74) is 0. The standard InChI is InChI=1S/C59H96O6/c1-4-7-10-13-16-19-22-25-27-29-31-34-37-40-43-46-49-52-58(61)64-55-56(54-63-57(60)51-48-45-42-39-36-33-24-21-18-15-12-9-6-3)65-59(62)53-50-47-44-41-38-35-32-30-28-26-23-20-17-14-11-8-5-2/h7-8,10-11,16-17,19-21,24-28,31-32,34-35,56H,4-6,9,12-15,18,22-23,29-30,33,36-55H2,1-3H3/b10-7-,11-8-,19-16-,20-17-,24-21-,27-25-,28-26-,34-31-,35-32-/t56-/m0/s1. The third kappa shape index (κ3) is 50.9. The van der Waals surface area contributed by atoms with Gasteiger partial charge in [-0.3, -0.25) is 14.4 Å². The molecule has 0 bridgehead atoms. The van der Waals surface area contributed by atoms with Crippen LogP contribution in [0.1, 0.15) is 226 Å². The summed E-state index contributed by atoms with van der Waals surface area (Å²) in [5, 5.41) is 0. The Balaban J connectivity index is 4.50. The number of ether oxygens (including phenoxy) is 3. The maximum Gasteiger partial charge on any atom is 0.306 e. The fraction of sp³-hybridized carbons (Fsp3) is 0.644. The van der Waals surface area contributed by atoms with Gasteiger partial charge >= 0.3 is 17.9 Å². The molecule has 0 fully saturated rings. The van der Waals surface area contributed by atoms with Gasteiger partial charge in [-0.25, -0.2) is 0 Å². The molecule has 0 amide bonds. The van der Waals surface area contributed by atoms with Crippen LogP contribution in [-0.4, -0.2) is 37.2 Å². The molecule has 0 saturated heterocycles. The first-order chi connectivity index (χ1) is 32.0. The molecule has 0 aliphatic rings. The number of unbranched alkanes of at least 4 members (excludes halogenated alkanes) is 17. The van der Waals surface area contributed by atoms with Crippen molar-refractivity contribution in [2.75, 3.05) is 13.2 Å². The van der Waals surface area contributed by atoms with Crippen LogP contribution in [-0.2, 0) is 28.6 Å². The average Bonchev–Trinajstić information content (AvgIpc) is 3.30. The predicted octanol–water partition coefficient (Wildman–Crippen LogP) is 17.5. The zero-order valence-corrected chi connectivity index (χ0v) is 42.0. The van der Waals surface area contributed by atoms with E-state index in [1.807, 2.05) is 0 Å². The minimum Gasteiger partial charge on any atom is -0.462 e. The van der Waals surface area contributed by atoms with Crippen molar-refractivity contribution < 1.29 is 28.6 Å². The molecule has 0 radical (unpaired) electrons. The van der Waals surface area contributed by atoms with E-state index in [2.05, 4.69) is 130 Å². The van der Waals surface area contributed by atoms with Crippen LogP contribution in [0.4, 0.5) is 0 Å². The molecule has 6 nitrogen and oxygen atoms in total. The average molecular weight is 901 g/mol. The van der Waals surface area contributed by atoms with Gasteiger partial charge in [0.25, 0.3) is 0 Å². The molecule has 0 aromatic carbocycles. The van der Waals surface area contributed by atoms with Crippen molar-refractivity contribution in [1.29, 1.82) is 0 Å². The second-order valence-corrected chi connectivity index (χ2v) is 17.0. The van der Waals surface area contributed by atoms with Crippen LogP contribution >= 0.6 is 0 Å². The SMILES string of the molecule is CC/C=C\C/C=C\C/C=C\C/C=C\CCCCCCC(=O)OC[C@H](COC(=O)CCCCCCC/C=C\CCCCCC)OC(=O)CCCCCC/C=C\C/C=C\C/C=C\C/C=C\CC. The highest BCUT2D eigenvalue weighted by Gasteiger charge is 2.19. The van der Waals surface area contributed by atoms with E-state index in [-0.39, 0.29) is 37.5 Å². The second-order valence-electron chi connectivity index (χ2n) is 17.0. The minimum atomic E-state index is -0.806. The Hall–Kier alpha value is -3.93. The largest absolute Gasteiger partial charge is 0.462 e. The van der Waals surface area contributed by atoms with Crippen molar-refractivity contribution in [2.24, 2.45) is 0 Å². The molecule has 6 heteroatoms. The van der Waals surface area contributed by atoms with E-state index < -0.39 is 6.10 Å². The first-order valence-electron chi connectivity index (χ1n) is 26.4. The van der Waals surface area contributed by atoms with Crippen molar-refractivity contribution in [2.45, 2.75) is 232 Å². The fourth-order valence-corrected chi connectivity index (χ4v) is 6.83. The van der Waals surface area contributed by atoms with E-state index in [4.69, 9.17) is 14.2 Å². The lowest BCUT2D eigenvalue weighted by molar-refractivity contribution is -0.167. The molecule has 0 heterocycles. The molecule has 0 aromatic heterocycles. The molecular formula is C59H96O6. The molecule has 0 aliphatic heterocycles. The van der Waals surface area contributed by atoms with Crippen LogP contribution in [0.2, 0.25) is 0 Å². The van der Waals surface area contributed by atoms with Crippen molar-refractivity contribution in [1.82, 2.24) is 0 Å². The molecule has 1 atom stereocenters. The van der Waals surface area contributed by atoms with Crippen LogP contribution in [0.3, 0.4) is 0 Å². The molecule has 0 saturated carbocycles. The molecule has 0 rings (SSSR count). The maximum absolute atomic E-state index is 12.8. The van der Waals surface area contributed by atoms with E-state index >= 15 is 0 Å². The number of hydrogen-bond donors (Lipinski definition) is 0. The normalized spacial score (nSPS) is 13.0. The number of carbonyl (C=O) groups excluding carboxylic acids is 3. The van der Waals surface area contributed by atoms with E-state index in [1.54, 1.807) is 0 Å². The Morgan fingerprint density at radius 2 is 0.600 bits per heavy atom. The first-order valence-corrected chi connectivity index (χ1v) is 26.4. The number of allylic oxidation sites excluding steroid dienone is 18. The van der Waals surface area contributed by atoms with Gasteiger partial charge in [-0.2, -0.15) is 0 Å². The topological polar surface area (TPSA) is 78.9 Å². The van der Waals surface area contributed by atoms with Gasteiger partial charge in [-0.1, -0.05) is 194 Å². The molecule has 0 spiro atoms. The van der Waals surface area contributed by atoms with E-state index in [0.717, 1.165) is 148 Å². The summed E-state index contributed by atoms with van der Waals surface area (Å²) in [6, 6.07) is 0. The zero-order chi connectivity index (χ0) is 47.2. The molecule has 368 valence electrons. The number of carbonyl (C=O) groups is 3. The molecule has 0 aliphatic carbocycles. The summed E-state index contributed by atoms with van der Waals surface area (Å²) in [6.07, 6.45) is 70.7. The molecule has 0 N–H and O–H groups in total. The van der Waals surface area contributed by atoms with Gasteiger partial charge < -0.3 is 14.2 Å². The van der Waals surface area contributed by atoms with Crippen LogP contribution in [0.25, 0.3) is 0 Å². The second kappa shape index (κ2) is 52.7. The highest BCUT2D eigenvalue weighted by atomic mass is 16.6. The minimum absolute atomic E-state index is 0.102. The lowest BCUT2D eigenvalue weighted by Gasteiger charge is -2.18. The third-order valence-electron chi connectivity index (χ3n) is 10.7. The molecule has 0 aromatic rings. The van der Waals surface area contributed by atoms with Crippen LogP contribution in [0.15, 0.2) is 109 Å². The van der Waals surface area contributed by atoms with Gasteiger partial charge in [0.15, 0.2) is 6.10 Å². The van der Waals surface area contributed by atoms with E-state index in [9.17, 15) is 14.4 Å². The van der Waals surface area contributed by atoms with Crippen LogP contribution < -0.4 is 0 Å². The number of esters is 3. The maximum atomic E-state index is 12.8. The van der Waals surface area contributed by atoms with E-state index in [1.165, 1.54) is 38.5 Å². The summed E-state index contributed by atoms with van der Waals surface area (Å²) in [6.45, 7) is 6.34. The van der Waals surface area contributed by atoms with Crippen molar-refractivity contribution >= 4 is 17.9 Å². The number of hydrogen-bond acceptors (Lipinski definition) is 6. The quantitative estimate of drug-likeness (QED) is 0.0262. The van der Waals surface area contributed by atoms with Gasteiger partial charge in [0, 0.05) is 19.3 Å². The zero-order valence-electron chi connectivity index (χ0n) is 42.0. The van der Waals surface area contributed by atoms with Gasteiger partial charge in [0.2, 0.25) is 0 Å².